The first-order valence-electron chi connectivity index (χ1n) is 9.37. The summed E-state index contributed by atoms with van der Waals surface area (Å²) >= 11 is 0. The van der Waals surface area contributed by atoms with Gasteiger partial charge in [0, 0.05) is 26.2 Å². The van der Waals surface area contributed by atoms with Gasteiger partial charge in [-0.2, -0.15) is 0 Å². The maximum absolute atomic E-state index is 5.83. The molecule has 0 radical (unpaired) electrons. The van der Waals surface area contributed by atoms with Crippen molar-refractivity contribution in [3.8, 4) is 0 Å². The zero-order valence-electron chi connectivity index (χ0n) is 14.5. The number of nitrogens with zero attached hydrogens (tertiary/aromatic N) is 2. The van der Waals surface area contributed by atoms with Crippen molar-refractivity contribution in [1.29, 1.82) is 0 Å². The first-order chi connectivity index (χ1) is 10.7. The number of ether oxygens (including phenoxy) is 2. The average Bonchev–Trinajstić information content (AvgIpc) is 2.98. The Kier molecular flexibility index (Phi) is 6.14. The lowest BCUT2D eigenvalue weighted by Crippen LogP contribution is -2.46. The van der Waals surface area contributed by atoms with E-state index < -0.39 is 0 Å². The molecule has 4 heteroatoms. The predicted octanol–water partition coefficient (Wildman–Crippen LogP) is 2.23. The molecule has 22 heavy (non-hydrogen) atoms. The summed E-state index contributed by atoms with van der Waals surface area (Å²) in [4.78, 5) is 5.29. The summed E-state index contributed by atoms with van der Waals surface area (Å²) in [7, 11) is 0. The molecule has 3 aliphatic rings. The Bertz CT molecular complexity index is 315. The fourth-order valence-corrected chi connectivity index (χ4v) is 4.38. The Hall–Kier alpha value is -0.160. The monoisotopic (exact) mass is 310 g/mol. The second kappa shape index (κ2) is 8.09. The first kappa shape index (κ1) is 16.7. The molecule has 0 aliphatic carbocycles. The Morgan fingerprint density at radius 3 is 2.27 bits per heavy atom. The highest BCUT2D eigenvalue weighted by atomic mass is 16.5. The smallest absolute Gasteiger partial charge is 0.0678 e. The van der Waals surface area contributed by atoms with Gasteiger partial charge in [0.05, 0.1) is 18.8 Å². The molecule has 0 N–H and O–H groups in total. The van der Waals surface area contributed by atoms with Crippen molar-refractivity contribution in [2.24, 2.45) is 11.8 Å². The van der Waals surface area contributed by atoms with E-state index in [0.717, 1.165) is 38.1 Å². The Labute approximate surface area is 136 Å². The quantitative estimate of drug-likeness (QED) is 0.777. The zero-order chi connectivity index (χ0) is 15.4. The van der Waals surface area contributed by atoms with Crippen molar-refractivity contribution in [3.63, 3.8) is 0 Å². The first-order valence-corrected chi connectivity index (χ1v) is 9.37. The summed E-state index contributed by atoms with van der Waals surface area (Å²) in [5.41, 5.74) is 0. The third kappa shape index (κ3) is 4.92. The maximum Gasteiger partial charge on any atom is 0.0678 e. The molecule has 0 aromatic rings. The van der Waals surface area contributed by atoms with E-state index in [4.69, 9.17) is 9.47 Å². The van der Waals surface area contributed by atoms with Crippen molar-refractivity contribution in [3.05, 3.63) is 0 Å². The third-order valence-corrected chi connectivity index (χ3v) is 5.60. The SMILES string of the molecule is C[C@@H]1CN(CCC2CCN(C[C@@H]3CCOC3)CC2)C[C@H](C)O1. The molecule has 0 saturated carbocycles. The van der Waals surface area contributed by atoms with Crippen LogP contribution in [0.15, 0.2) is 0 Å². The predicted molar refractivity (Wildman–Crippen MR) is 89.2 cm³/mol. The van der Waals surface area contributed by atoms with E-state index in [0.29, 0.717) is 12.2 Å². The van der Waals surface area contributed by atoms with Crippen LogP contribution in [-0.4, -0.2) is 74.5 Å². The summed E-state index contributed by atoms with van der Waals surface area (Å²) in [5.74, 6) is 1.73. The van der Waals surface area contributed by atoms with Crippen molar-refractivity contribution in [2.75, 3.05) is 52.5 Å². The molecule has 0 unspecified atom stereocenters. The van der Waals surface area contributed by atoms with E-state index in [1.54, 1.807) is 0 Å². The van der Waals surface area contributed by atoms with Gasteiger partial charge in [-0.3, -0.25) is 4.90 Å². The van der Waals surface area contributed by atoms with Crippen LogP contribution >= 0.6 is 0 Å². The van der Waals surface area contributed by atoms with Crippen LogP contribution in [0.5, 0.6) is 0 Å². The van der Waals surface area contributed by atoms with E-state index in [1.807, 2.05) is 0 Å². The largest absolute Gasteiger partial charge is 0.381 e. The lowest BCUT2D eigenvalue weighted by atomic mass is 9.92. The van der Waals surface area contributed by atoms with E-state index in [-0.39, 0.29) is 0 Å². The minimum atomic E-state index is 0.402. The summed E-state index contributed by atoms with van der Waals surface area (Å²) in [5, 5.41) is 0. The van der Waals surface area contributed by atoms with E-state index >= 15 is 0 Å². The van der Waals surface area contributed by atoms with Crippen LogP contribution in [0.25, 0.3) is 0 Å². The van der Waals surface area contributed by atoms with Crippen molar-refractivity contribution in [1.82, 2.24) is 9.80 Å². The second-order valence-corrected chi connectivity index (χ2v) is 7.78. The number of hydrogen-bond donors (Lipinski definition) is 0. The molecule has 0 amide bonds. The van der Waals surface area contributed by atoms with Crippen molar-refractivity contribution < 1.29 is 9.47 Å². The lowest BCUT2D eigenvalue weighted by Gasteiger charge is -2.37. The van der Waals surface area contributed by atoms with Gasteiger partial charge in [0.25, 0.3) is 0 Å². The number of hydrogen-bond acceptors (Lipinski definition) is 4. The molecule has 3 heterocycles. The minimum Gasteiger partial charge on any atom is -0.381 e. The Morgan fingerprint density at radius 2 is 1.64 bits per heavy atom. The molecule has 0 spiro atoms. The van der Waals surface area contributed by atoms with Crippen LogP contribution in [0.1, 0.15) is 39.5 Å². The van der Waals surface area contributed by atoms with Gasteiger partial charge in [-0.1, -0.05) is 0 Å². The van der Waals surface area contributed by atoms with Crippen LogP contribution in [0.2, 0.25) is 0 Å². The van der Waals surface area contributed by atoms with Crippen LogP contribution in [0, 0.1) is 11.8 Å². The molecule has 3 saturated heterocycles. The van der Waals surface area contributed by atoms with E-state index in [2.05, 4.69) is 23.6 Å². The molecule has 128 valence electrons. The van der Waals surface area contributed by atoms with Gasteiger partial charge in [-0.05, 0) is 71.0 Å². The van der Waals surface area contributed by atoms with Gasteiger partial charge < -0.3 is 14.4 Å². The van der Waals surface area contributed by atoms with Gasteiger partial charge in [0.15, 0.2) is 0 Å². The summed E-state index contributed by atoms with van der Waals surface area (Å²) in [6.07, 6.45) is 6.23. The van der Waals surface area contributed by atoms with Gasteiger partial charge in [0.1, 0.15) is 0 Å². The molecule has 0 aromatic carbocycles. The molecule has 0 aromatic heterocycles. The molecule has 3 fully saturated rings. The average molecular weight is 310 g/mol. The molecule has 3 aliphatic heterocycles. The second-order valence-electron chi connectivity index (χ2n) is 7.78. The van der Waals surface area contributed by atoms with Gasteiger partial charge >= 0.3 is 0 Å². The number of morpholine rings is 1. The summed E-state index contributed by atoms with van der Waals surface area (Å²) < 4.78 is 11.3. The van der Waals surface area contributed by atoms with Gasteiger partial charge in [0.2, 0.25) is 0 Å². The molecule has 3 rings (SSSR count). The number of rotatable bonds is 5. The highest BCUT2D eigenvalue weighted by Crippen LogP contribution is 2.24. The van der Waals surface area contributed by atoms with Crippen LogP contribution in [-0.2, 0) is 9.47 Å². The standard InChI is InChI=1S/C18H34N2O2/c1-15-11-20(12-16(2)22-15)9-5-17-3-7-19(8-4-17)13-18-6-10-21-14-18/h15-18H,3-14H2,1-2H3/t15-,16+,18-/m0/s1. The minimum absolute atomic E-state index is 0.402. The summed E-state index contributed by atoms with van der Waals surface area (Å²) in [6, 6.07) is 0. The zero-order valence-corrected chi connectivity index (χ0v) is 14.5. The maximum atomic E-state index is 5.83. The Balaban J connectivity index is 1.31. The molecule has 4 nitrogen and oxygen atoms in total. The Morgan fingerprint density at radius 1 is 0.909 bits per heavy atom. The van der Waals surface area contributed by atoms with E-state index in [9.17, 15) is 0 Å². The van der Waals surface area contributed by atoms with Crippen LogP contribution in [0.4, 0.5) is 0 Å². The lowest BCUT2D eigenvalue weighted by molar-refractivity contribution is -0.0693. The highest BCUT2D eigenvalue weighted by Gasteiger charge is 2.26. The van der Waals surface area contributed by atoms with Crippen molar-refractivity contribution >= 4 is 0 Å². The fraction of sp³-hybridized carbons (Fsp3) is 1.00. The fourth-order valence-electron chi connectivity index (χ4n) is 4.38. The highest BCUT2D eigenvalue weighted by molar-refractivity contribution is 4.78. The van der Waals surface area contributed by atoms with Crippen LogP contribution < -0.4 is 0 Å². The molecule has 3 atom stereocenters. The van der Waals surface area contributed by atoms with Gasteiger partial charge in [-0.15, -0.1) is 0 Å². The molecular weight excluding hydrogens is 276 g/mol. The van der Waals surface area contributed by atoms with Crippen molar-refractivity contribution in [2.45, 2.75) is 51.7 Å². The molecule has 0 bridgehead atoms. The number of likely N-dealkylation sites (tertiary alicyclic amines) is 1. The third-order valence-electron chi connectivity index (χ3n) is 5.60. The van der Waals surface area contributed by atoms with Gasteiger partial charge in [-0.25, -0.2) is 0 Å². The van der Waals surface area contributed by atoms with E-state index in [1.165, 1.54) is 51.9 Å². The summed E-state index contributed by atoms with van der Waals surface area (Å²) in [6.45, 7) is 13.8. The number of piperidine rings is 1. The normalized spacial score (nSPS) is 36.0. The topological polar surface area (TPSA) is 24.9 Å². The van der Waals surface area contributed by atoms with Crippen LogP contribution in [0.3, 0.4) is 0 Å². The molecular formula is C18H34N2O2.